The fourth-order valence-electron chi connectivity index (χ4n) is 2.85. The first-order valence-corrected chi connectivity index (χ1v) is 6.71. The van der Waals surface area contributed by atoms with Crippen molar-refractivity contribution in [2.75, 3.05) is 0 Å². The van der Waals surface area contributed by atoms with Gasteiger partial charge >= 0.3 is 0 Å². The summed E-state index contributed by atoms with van der Waals surface area (Å²) in [6.45, 7) is 0. The lowest BCUT2D eigenvalue weighted by atomic mass is 9.97. The van der Waals surface area contributed by atoms with Gasteiger partial charge in [-0.15, -0.1) is 0 Å². The van der Waals surface area contributed by atoms with Crippen molar-refractivity contribution in [1.29, 1.82) is 5.26 Å². The van der Waals surface area contributed by atoms with Crippen LogP contribution in [-0.4, -0.2) is 0 Å². The Labute approximate surface area is 120 Å². The van der Waals surface area contributed by atoms with E-state index < -0.39 is 0 Å². The van der Waals surface area contributed by atoms with Crippen LogP contribution < -0.4 is 0 Å². The largest absolute Gasteiger partial charge is 0.206 e. The van der Waals surface area contributed by atoms with Crippen molar-refractivity contribution >= 4 is 32.3 Å². The number of benzene rings is 4. The summed E-state index contributed by atoms with van der Waals surface area (Å²) in [6, 6.07) is 21.0. The van der Waals surface area contributed by atoms with Gasteiger partial charge in [0.05, 0.1) is 11.6 Å². The molecule has 0 spiro atoms. The van der Waals surface area contributed by atoms with Crippen molar-refractivity contribution in [3.05, 3.63) is 72.0 Å². The van der Waals surface area contributed by atoms with E-state index >= 15 is 0 Å². The van der Waals surface area contributed by atoms with E-state index in [0.717, 1.165) is 21.5 Å². The Balaban J connectivity index is 2.21. The second-order valence-corrected chi connectivity index (χ2v) is 5.15. The molecule has 0 radical (unpaired) electrons. The Bertz CT molecular complexity index is 1060. The third-order valence-electron chi connectivity index (χ3n) is 3.91. The summed E-state index contributed by atoms with van der Waals surface area (Å²) in [5.74, 6) is -0.293. The van der Waals surface area contributed by atoms with E-state index in [1.54, 1.807) is 0 Å². The summed E-state index contributed by atoms with van der Waals surface area (Å²) in [7, 11) is 0. The normalized spacial score (nSPS) is 11.0. The highest BCUT2D eigenvalue weighted by molar-refractivity contribution is 6.06. The highest BCUT2D eigenvalue weighted by Crippen LogP contribution is 2.30. The molecule has 0 saturated carbocycles. The molecule has 4 aromatic carbocycles. The van der Waals surface area contributed by atoms with Crippen LogP contribution in [0.5, 0.6) is 0 Å². The molecule has 0 aromatic heterocycles. The summed E-state index contributed by atoms with van der Waals surface area (Å²) in [5, 5.41) is 14.6. The van der Waals surface area contributed by atoms with Crippen molar-refractivity contribution in [2.24, 2.45) is 0 Å². The van der Waals surface area contributed by atoms with Crippen molar-refractivity contribution < 1.29 is 4.39 Å². The molecule has 21 heavy (non-hydrogen) atoms. The molecule has 0 atom stereocenters. The molecule has 0 saturated heterocycles. The third kappa shape index (κ3) is 1.75. The van der Waals surface area contributed by atoms with Gasteiger partial charge in [0.2, 0.25) is 0 Å². The maximum atomic E-state index is 14.0. The van der Waals surface area contributed by atoms with Crippen molar-refractivity contribution in [2.45, 2.75) is 0 Å². The van der Waals surface area contributed by atoms with Gasteiger partial charge in [0.1, 0.15) is 5.82 Å². The first-order chi connectivity index (χ1) is 10.3. The van der Waals surface area contributed by atoms with Gasteiger partial charge in [-0.2, -0.15) is 5.26 Å². The summed E-state index contributed by atoms with van der Waals surface area (Å²) < 4.78 is 14.0. The smallest absolute Gasteiger partial charge is 0.131 e. The van der Waals surface area contributed by atoms with E-state index in [4.69, 9.17) is 0 Å². The summed E-state index contributed by atoms with van der Waals surface area (Å²) >= 11 is 0. The Morgan fingerprint density at radius 2 is 1.33 bits per heavy atom. The first kappa shape index (κ1) is 11.9. The lowest BCUT2D eigenvalue weighted by Gasteiger charge is -2.07. The summed E-state index contributed by atoms with van der Waals surface area (Å²) in [6.07, 6.45) is 0. The van der Waals surface area contributed by atoms with Gasteiger partial charge in [-0.3, -0.25) is 0 Å². The zero-order chi connectivity index (χ0) is 14.4. The predicted octanol–water partition coefficient (Wildman–Crippen LogP) is 5.16. The fourth-order valence-corrected chi connectivity index (χ4v) is 2.85. The van der Waals surface area contributed by atoms with Crippen LogP contribution in [0.3, 0.4) is 0 Å². The van der Waals surface area contributed by atoms with Crippen LogP contribution in [0.1, 0.15) is 5.56 Å². The summed E-state index contributed by atoms with van der Waals surface area (Å²) in [4.78, 5) is 0. The number of nitriles is 1. The molecule has 1 nitrogen and oxygen atoms in total. The van der Waals surface area contributed by atoms with Gasteiger partial charge in [0.15, 0.2) is 0 Å². The molecule has 0 unspecified atom stereocenters. The molecule has 0 aliphatic heterocycles. The fraction of sp³-hybridized carbons (Fsp3) is 0. The van der Waals surface area contributed by atoms with E-state index in [1.165, 1.54) is 12.1 Å². The first-order valence-electron chi connectivity index (χ1n) is 6.71. The number of halogens is 1. The number of fused-ring (bicyclic) bond motifs is 3. The van der Waals surface area contributed by atoms with Crippen molar-refractivity contribution in [3.63, 3.8) is 0 Å². The Kier molecular flexibility index (Phi) is 2.43. The molecule has 98 valence electrons. The average Bonchev–Trinajstić information content (AvgIpc) is 2.52. The molecule has 0 N–H and O–H groups in total. The number of hydrogen-bond acceptors (Lipinski definition) is 1. The molecule has 0 aliphatic carbocycles. The molecule has 0 aliphatic rings. The van der Waals surface area contributed by atoms with Gasteiger partial charge in [0.25, 0.3) is 0 Å². The van der Waals surface area contributed by atoms with Crippen LogP contribution >= 0.6 is 0 Å². The zero-order valence-corrected chi connectivity index (χ0v) is 11.1. The standard InChI is InChI=1S/C19H10FN/c20-19-6-5-14(11-21)17-9-15-7-12-3-1-2-4-13(12)8-16(15)10-18(17)19/h1-10H. The van der Waals surface area contributed by atoms with Crippen LogP contribution in [0.4, 0.5) is 4.39 Å². The molecule has 0 heterocycles. The van der Waals surface area contributed by atoms with E-state index in [-0.39, 0.29) is 5.82 Å². The van der Waals surface area contributed by atoms with Gasteiger partial charge < -0.3 is 0 Å². The second-order valence-electron chi connectivity index (χ2n) is 5.15. The monoisotopic (exact) mass is 271 g/mol. The average molecular weight is 271 g/mol. The second kappa shape index (κ2) is 4.29. The molecular weight excluding hydrogens is 261 g/mol. The molecule has 0 amide bonds. The highest BCUT2D eigenvalue weighted by Gasteiger charge is 2.08. The highest BCUT2D eigenvalue weighted by atomic mass is 19.1. The van der Waals surface area contributed by atoms with Crippen molar-refractivity contribution in [3.8, 4) is 6.07 Å². The lowest BCUT2D eigenvalue weighted by molar-refractivity contribution is 0.640. The minimum atomic E-state index is -0.293. The zero-order valence-electron chi connectivity index (χ0n) is 11.1. The lowest BCUT2D eigenvalue weighted by Crippen LogP contribution is -1.86. The van der Waals surface area contributed by atoms with Crippen molar-refractivity contribution in [1.82, 2.24) is 0 Å². The SMILES string of the molecule is N#Cc1ccc(F)c2cc3cc4ccccc4cc3cc12. The topological polar surface area (TPSA) is 23.8 Å². The Morgan fingerprint density at radius 1 is 0.714 bits per heavy atom. The molecule has 0 fully saturated rings. The van der Waals surface area contributed by atoms with Crippen LogP contribution in [0.25, 0.3) is 32.3 Å². The van der Waals surface area contributed by atoms with E-state index in [9.17, 15) is 9.65 Å². The van der Waals surface area contributed by atoms with Crippen LogP contribution in [-0.2, 0) is 0 Å². The van der Waals surface area contributed by atoms with Crippen LogP contribution in [0.2, 0.25) is 0 Å². The minimum Gasteiger partial charge on any atom is -0.206 e. The predicted molar refractivity (Wildman–Crippen MR) is 83.6 cm³/mol. The molecule has 4 rings (SSSR count). The van der Waals surface area contributed by atoms with Crippen LogP contribution in [0.15, 0.2) is 60.7 Å². The molecule has 2 heteroatoms. The van der Waals surface area contributed by atoms with Gasteiger partial charge in [0, 0.05) is 10.8 Å². The van der Waals surface area contributed by atoms with Gasteiger partial charge in [-0.05, 0) is 57.9 Å². The minimum absolute atomic E-state index is 0.293. The molecular formula is C19H10FN. The van der Waals surface area contributed by atoms with E-state index in [2.05, 4.69) is 24.3 Å². The quantitative estimate of drug-likeness (QED) is 0.405. The van der Waals surface area contributed by atoms with Gasteiger partial charge in [-0.25, -0.2) is 4.39 Å². The number of nitrogens with zero attached hydrogens (tertiary/aromatic N) is 1. The van der Waals surface area contributed by atoms with E-state index in [0.29, 0.717) is 16.3 Å². The van der Waals surface area contributed by atoms with E-state index in [1.807, 2.05) is 30.3 Å². The number of hydrogen-bond donors (Lipinski definition) is 0. The molecule has 4 aromatic rings. The maximum Gasteiger partial charge on any atom is 0.131 e. The Morgan fingerprint density at radius 3 is 1.95 bits per heavy atom. The van der Waals surface area contributed by atoms with Gasteiger partial charge in [-0.1, -0.05) is 24.3 Å². The molecule has 0 bridgehead atoms. The maximum absolute atomic E-state index is 14.0. The third-order valence-corrected chi connectivity index (χ3v) is 3.91. The summed E-state index contributed by atoms with van der Waals surface area (Å²) in [5.41, 5.74) is 0.501. The van der Waals surface area contributed by atoms with Crippen LogP contribution in [0, 0.1) is 17.1 Å². The Hall–Kier alpha value is -2.92. The number of rotatable bonds is 0.